The van der Waals surface area contributed by atoms with Crippen molar-refractivity contribution in [3.63, 3.8) is 0 Å². The largest absolute Gasteiger partial charge is 0.493 e. The molecule has 0 N–H and O–H groups in total. The SMILES string of the molecule is COc1ccc(C2=NN(C(C)=O)C(c3ccc(N4CCC(C)CC4)cc3)C2)cc1OC. The molecule has 4 rings (SSSR count). The lowest BCUT2D eigenvalue weighted by Gasteiger charge is -2.32. The lowest BCUT2D eigenvalue weighted by atomic mass is 9.96. The van der Waals surface area contributed by atoms with Crippen molar-refractivity contribution in [3.05, 3.63) is 53.6 Å². The van der Waals surface area contributed by atoms with Crippen molar-refractivity contribution >= 4 is 17.3 Å². The average Bonchev–Trinajstić information content (AvgIpc) is 3.25. The molecule has 2 heterocycles. The highest BCUT2D eigenvalue weighted by Crippen LogP contribution is 2.36. The summed E-state index contributed by atoms with van der Waals surface area (Å²) in [4.78, 5) is 14.8. The van der Waals surface area contributed by atoms with E-state index in [1.165, 1.54) is 18.5 Å². The number of carbonyl (C=O) groups is 1. The van der Waals surface area contributed by atoms with Crippen LogP contribution in [0.2, 0.25) is 0 Å². The molecule has 6 nitrogen and oxygen atoms in total. The topological polar surface area (TPSA) is 54.4 Å². The molecule has 6 heteroatoms. The molecule has 2 aliphatic rings. The molecule has 2 aromatic rings. The summed E-state index contributed by atoms with van der Waals surface area (Å²) in [5, 5.41) is 6.26. The van der Waals surface area contributed by atoms with Gasteiger partial charge in [0, 0.05) is 37.7 Å². The number of anilines is 1. The summed E-state index contributed by atoms with van der Waals surface area (Å²) in [5.74, 6) is 2.08. The molecule has 1 atom stereocenters. The minimum atomic E-state index is -0.101. The molecule has 1 amide bonds. The van der Waals surface area contributed by atoms with Crippen LogP contribution in [0.25, 0.3) is 0 Å². The number of rotatable bonds is 5. The predicted octanol–water partition coefficient (Wildman–Crippen LogP) is 4.64. The molecule has 164 valence electrons. The summed E-state index contributed by atoms with van der Waals surface area (Å²) >= 11 is 0. The second-order valence-corrected chi connectivity index (χ2v) is 8.46. The second kappa shape index (κ2) is 9.00. The van der Waals surface area contributed by atoms with E-state index >= 15 is 0 Å². The predicted molar refractivity (Wildman–Crippen MR) is 123 cm³/mol. The van der Waals surface area contributed by atoms with Crippen LogP contribution in [0, 0.1) is 5.92 Å². The Balaban J connectivity index is 1.55. The van der Waals surface area contributed by atoms with Gasteiger partial charge < -0.3 is 14.4 Å². The van der Waals surface area contributed by atoms with Gasteiger partial charge in [-0.1, -0.05) is 19.1 Å². The minimum Gasteiger partial charge on any atom is -0.493 e. The number of amides is 1. The molecular formula is C25H31N3O3. The number of piperidine rings is 1. The van der Waals surface area contributed by atoms with E-state index in [-0.39, 0.29) is 11.9 Å². The summed E-state index contributed by atoms with van der Waals surface area (Å²) in [6.45, 7) is 6.11. The first-order valence-corrected chi connectivity index (χ1v) is 10.9. The third-order valence-electron chi connectivity index (χ3n) is 6.38. The van der Waals surface area contributed by atoms with Gasteiger partial charge in [0.05, 0.1) is 26.0 Å². The van der Waals surface area contributed by atoms with Crippen LogP contribution >= 0.6 is 0 Å². The van der Waals surface area contributed by atoms with E-state index in [0.717, 1.165) is 35.8 Å². The molecule has 0 aromatic heterocycles. The molecule has 0 spiro atoms. The first-order valence-electron chi connectivity index (χ1n) is 10.9. The zero-order valence-electron chi connectivity index (χ0n) is 18.8. The van der Waals surface area contributed by atoms with Crippen molar-refractivity contribution in [2.75, 3.05) is 32.2 Å². The standard InChI is InChI=1S/C25H31N3O3/c1-17-11-13-27(14-12-17)21-8-5-19(6-9-21)23-16-22(26-28(23)18(2)29)20-7-10-24(30-3)25(15-20)31-4/h5-10,15,17,23H,11-14,16H2,1-4H3. The van der Waals surface area contributed by atoms with E-state index in [9.17, 15) is 4.79 Å². The van der Waals surface area contributed by atoms with E-state index in [2.05, 4.69) is 41.2 Å². The van der Waals surface area contributed by atoms with Crippen molar-refractivity contribution in [2.24, 2.45) is 11.0 Å². The number of hydrogen-bond donors (Lipinski definition) is 0. The van der Waals surface area contributed by atoms with Crippen molar-refractivity contribution in [1.29, 1.82) is 0 Å². The van der Waals surface area contributed by atoms with Crippen molar-refractivity contribution in [3.8, 4) is 11.5 Å². The molecule has 0 aliphatic carbocycles. The smallest absolute Gasteiger partial charge is 0.240 e. The summed E-state index contributed by atoms with van der Waals surface area (Å²) in [6, 6.07) is 14.3. The fraction of sp³-hybridized carbons (Fsp3) is 0.440. The molecule has 0 bridgehead atoms. The Labute approximate surface area is 184 Å². The van der Waals surface area contributed by atoms with Crippen molar-refractivity contribution < 1.29 is 14.3 Å². The van der Waals surface area contributed by atoms with Gasteiger partial charge in [-0.25, -0.2) is 5.01 Å². The maximum Gasteiger partial charge on any atom is 0.240 e. The summed E-state index contributed by atoms with van der Waals surface area (Å²) in [7, 11) is 3.24. The Hall–Kier alpha value is -3.02. The Bertz CT molecular complexity index is 962. The van der Waals surface area contributed by atoms with Crippen LogP contribution in [0.1, 0.15) is 50.3 Å². The van der Waals surface area contributed by atoms with E-state index in [1.54, 1.807) is 26.2 Å². The molecule has 31 heavy (non-hydrogen) atoms. The quantitative estimate of drug-likeness (QED) is 0.706. The second-order valence-electron chi connectivity index (χ2n) is 8.46. The first kappa shape index (κ1) is 21.2. The summed E-state index contributed by atoms with van der Waals surface area (Å²) < 4.78 is 10.8. The van der Waals surface area contributed by atoms with E-state index in [0.29, 0.717) is 17.9 Å². The van der Waals surface area contributed by atoms with Gasteiger partial charge in [-0.05, 0) is 54.7 Å². The third kappa shape index (κ3) is 4.38. The van der Waals surface area contributed by atoms with Crippen LogP contribution in [-0.2, 0) is 4.79 Å². The lowest BCUT2D eigenvalue weighted by Crippen LogP contribution is -2.32. The van der Waals surface area contributed by atoms with Crippen molar-refractivity contribution in [2.45, 2.75) is 39.2 Å². The first-order chi connectivity index (χ1) is 15.0. The maximum absolute atomic E-state index is 12.3. The van der Waals surface area contributed by atoms with Gasteiger partial charge in [-0.2, -0.15) is 5.10 Å². The zero-order valence-corrected chi connectivity index (χ0v) is 18.8. The van der Waals surface area contributed by atoms with Gasteiger partial charge in [-0.3, -0.25) is 4.79 Å². The van der Waals surface area contributed by atoms with Gasteiger partial charge in [0.2, 0.25) is 5.91 Å². The van der Waals surface area contributed by atoms with Gasteiger partial charge in [0.15, 0.2) is 11.5 Å². The van der Waals surface area contributed by atoms with Crippen LogP contribution in [0.15, 0.2) is 47.6 Å². The van der Waals surface area contributed by atoms with Gasteiger partial charge in [0.1, 0.15) is 0 Å². The van der Waals surface area contributed by atoms with Crippen LogP contribution < -0.4 is 14.4 Å². The van der Waals surface area contributed by atoms with Crippen molar-refractivity contribution in [1.82, 2.24) is 5.01 Å². The number of methoxy groups -OCH3 is 2. The van der Waals surface area contributed by atoms with E-state index in [1.807, 2.05) is 18.2 Å². The van der Waals surface area contributed by atoms with Gasteiger partial charge >= 0.3 is 0 Å². The normalized spacial score (nSPS) is 19.4. The van der Waals surface area contributed by atoms with Crippen LogP contribution in [-0.4, -0.2) is 43.9 Å². The highest BCUT2D eigenvalue weighted by molar-refractivity contribution is 6.03. The van der Waals surface area contributed by atoms with Gasteiger partial charge in [-0.15, -0.1) is 0 Å². The Morgan fingerprint density at radius 2 is 1.68 bits per heavy atom. The molecule has 1 unspecified atom stereocenters. The van der Waals surface area contributed by atoms with Crippen LogP contribution in [0.3, 0.4) is 0 Å². The number of ether oxygens (including phenoxy) is 2. The molecule has 0 saturated carbocycles. The third-order valence-corrected chi connectivity index (χ3v) is 6.38. The molecule has 1 saturated heterocycles. The number of carbonyl (C=O) groups excluding carboxylic acids is 1. The molecule has 1 fully saturated rings. The highest BCUT2D eigenvalue weighted by atomic mass is 16.5. The fourth-order valence-corrected chi connectivity index (χ4v) is 4.42. The van der Waals surface area contributed by atoms with E-state index < -0.39 is 0 Å². The Morgan fingerprint density at radius 3 is 2.29 bits per heavy atom. The number of nitrogens with zero attached hydrogens (tertiary/aromatic N) is 3. The Morgan fingerprint density at radius 1 is 1.00 bits per heavy atom. The Kier molecular flexibility index (Phi) is 6.16. The molecular weight excluding hydrogens is 390 g/mol. The van der Waals surface area contributed by atoms with Crippen LogP contribution in [0.5, 0.6) is 11.5 Å². The summed E-state index contributed by atoms with van der Waals surface area (Å²) in [5.41, 5.74) is 4.16. The average molecular weight is 422 g/mol. The summed E-state index contributed by atoms with van der Waals surface area (Å²) in [6.07, 6.45) is 3.14. The monoisotopic (exact) mass is 421 g/mol. The number of hydrogen-bond acceptors (Lipinski definition) is 5. The van der Waals surface area contributed by atoms with E-state index in [4.69, 9.17) is 9.47 Å². The minimum absolute atomic E-state index is 0.0606. The lowest BCUT2D eigenvalue weighted by molar-refractivity contribution is -0.130. The number of hydrazone groups is 1. The fourth-order valence-electron chi connectivity index (χ4n) is 4.42. The molecule has 2 aliphatic heterocycles. The molecule has 0 radical (unpaired) electrons. The highest BCUT2D eigenvalue weighted by Gasteiger charge is 2.32. The van der Waals surface area contributed by atoms with Gasteiger partial charge in [0.25, 0.3) is 0 Å². The van der Waals surface area contributed by atoms with Crippen LogP contribution in [0.4, 0.5) is 5.69 Å². The molecule has 2 aromatic carbocycles. The number of benzene rings is 2. The zero-order chi connectivity index (χ0) is 22.0. The maximum atomic E-state index is 12.3.